The van der Waals surface area contributed by atoms with Gasteiger partial charge in [0.05, 0.1) is 16.6 Å². The number of hydrogen-bond donors (Lipinski definition) is 2. The maximum atomic E-state index is 12.1. The van der Waals surface area contributed by atoms with Gasteiger partial charge in [0.2, 0.25) is 11.8 Å². The number of likely N-dealkylation sites (N-methyl/N-ethyl adjacent to an activating group) is 1. The van der Waals surface area contributed by atoms with Crippen LogP contribution in [0.2, 0.25) is 10.0 Å². The normalized spacial score (nSPS) is 10.7. The molecular weight excluding hydrogens is 349 g/mol. The van der Waals surface area contributed by atoms with E-state index in [4.69, 9.17) is 28.9 Å². The molecule has 0 aromatic heterocycles. The van der Waals surface area contributed by atoms with Crippen LogP contribution in [0.5, 0.6) is 0 Å². The highest BCUT2D eigenvalue weighted by molar-refractivity contribution is 6.42. The number of anilines is 1. The van der Waals surface area contributed by atoms with Gasteiger partial charge in [-0.05, 0) is 42.9 Å². The van der Waals surface area contributed by atoms with Gasteiger partial charge in [0, 0.05) is 17.8 Å². The minimum atomic E-state index is -0.475. The molecule has 0 aliphatic carbocycles. The summed E-state index contributed by atoms with van der Waals surface area (Å²) in [6.07, 6.45) is 0. The summed E-state index contributed by atoms with van der Waals surface area (Å²) in [4.78, 5) is 25.1. The number of carbonyl (C=O) groups is 2. The summed E-state index contributed by atoms with van der Waals surface area (Å²) in [5.74, 6) is -0.654. The summed E-state index contributed by atoms with van der Waals surface area (Å²) in [7, 11) is 1.81. The molecule has 5 nitrogen and oxygen atoms in total. The zero-order valence-electron chi connectivity index (χ0n) is 13.1. The predicted octanol–water partition coefficient (Wildman–Crippen LogP) is 3.16. The van der Waals surface area contributed by atoms with Crippen LogP contribution in [0.15, 0.2) is 42.5 Å². The molecule has 0 aliphatic rings. The van der Waals surface area contributed by atoms with Crippen LogP contribution in [0.3, 0.4) is 0 Å². The van der Waals surface area contributed by atoms with E-state index in [1.807, 2.05) is 18.0 Å². The van der Waals surface area contributed by atoms with Gasteiger partial charge < -0.3 is 11.1 Å². The van der Waals surface area contributed by atoms with E-state index in [1.54, 1.807) is 36.4 Å². The van der Waals surface area contributed by atoms with Gasteiger partial charge in [-0.25, -0.2) is 0 Å². The number of hydrogen-bond acceptors (Lipinski definition) is 3. The van der Waals surface area contributed by atoms with Crippen LogP contribution in [0.4, 0.5) is 5.69 Å². The molecule has 0 atom stereocenters. The molecule has 0 radical (unpaired) electrons. The first-order valence-corrected chi connectivity index (χ1v) is 7.93. The highest BCUT2D eigenvalue weighted by Gasteiger charge is 2.10. The van der Waals surface area contributed by atoms with Gasteiger partial charge in [0.25, 0.3) is 0 Å². The average Bonchev–Trinajstić information content (AvgIpc) is 2.51. The number of carbonyl (C=O) groups excluding carboxylic acids is 2. The van der Waals surface area contributed by atoms with Gasteiger partial charge in [-0.3, -0.25) is 14.5 Å². The second-order valence-electron chi connectivity index (χ2n) is 5.41. The van der Waals surface area contributed by atoms with Crippen molar-refractivity contribution in [3.8, 4) is 0 Å². The van der Waals surface area contributed by atoms with Crippen molar-refractivity contribution in [2.75, 3.05) is 18.9 Å². The Morgan fingerprint density at radius 3 is 2.54 bits per heavy atom. The van der Waals surface area contributed by atoms with Gasteiger partial charge in [0.15, 0.2) is 0 Å². The van der Waals surface area contributed by atoms with Crippen molar-refractivity contribution >= 4 is 40.7 Å². The van der Waals surface area contributed by atoms with Crippen LogP contribution in [0.1, 0.15) is 15.9 Å². The van der Waals surface area contributed by atoms with Gasteiger partial charge in [-0.2, -0.15) is 0 Å². The maximum Gasteiger partial charge on any atom is 0.248 e. The molecule has 24 heavy (non-hydrogen) atoms. The van der Waals surface area contributed by atoms with E-state index in [2.05, 4.69) is 5.32 Å². The fraction of sp³-hybridized carbons (Fsp3) is 0.176. The Balaban J connectivity index is 1.92. The second-order valence-corrected chi connectivity index (χ2v) is 6.23. The molecule has 2 amide bonds. The highest BCUT2D eigenvalue weighted by Crippen LogP contribution is 2.24. The fourth-order valence-electron chi connectivity index (χ4n) is 2.21. The Morgan fingerprint density at radius 1 is 1.12 bits per heavy atom. The smallest absolute Gasteiger partial charge is 0.248 e. The van der Waals surface area contributed by atoms with Gasteiger partial charge in [-0.1, -0.05) is 35.3 Å². The van der Waals surface area contributed by atoms with E-state index in [0.717, 1.165) is 5.56 Å². The lowest BCUT2D eigenvalue weighted by Gasteiger charge is -2.17. The van der Waals surface area contributed by atoms with Crippen molar-refractivity contribution in [3.63, 3.8) is 0 Å². The lowest BCUT2D eigenvalue weighted by Crippen LogP contribution is -2.29. The first-order chi connectivity index (χ1) is 11.3. The third kappa shape index (κ3) is 5.23. The van der Waals surface area contributed by atoms with E-state index >= 15 is 0 Å². The minimum absolute atomic E-state index is 0.179. The third-order valence-corrected chi connectivity index (χ3v) is 4.02. The molecule has 0 aliphatic heterocycles. The summed E-state index contributed by atoms with van der Waals surface area (Å²) in [6, 6.07) is 11.9. The summed E-state index contributed by atoms with van der Waals surface area (Å²) < 4.78 is 0. The van der Waals surface area contributed by atoms with Crippen molar-refractivity contribution in [2.24, 2.45) is 5.73 Å². The Bertz CT molecular complexity index is 765. The lowest BCUT2D eigenvalue weighted by molar-refractivity contribution is -0.117. The molecule has 0 bridgehead atoms. The minimum Gasteiger partial charge on any atom is -0.366 e. The standard InChI is InChI=1S/C17H17Cl2N3O2/c1-22(9-11-3-2-4-12(7-11)17(20)24)10-16(23)21-13-5-6-14(18)15(19)8-13/h2-8H,9-10H2,1H3,(H2,20,24)(H,21,23). The number of nitrogens with two attached hydrogens (primary N) is 1. The number of amides is 2. The molecule has 7 heteroatoms. The third-order valence-electron chi connectivity index (χ3n) is 3.28. The summed E-state index contributed by atoms with van der Waals surface area (Å²) >= 11 is 11.8. The van der Waals surface area contributed by atoms with Crippen LogP contribution in [0.25, 0.3) is 0 Å². The van der Waals surface area contributed by atoms with Gasteiger partial charge in [0.1, 0.15) is 0 Å². The Hall–Kier alpha value is -2.08. The number of nitrogens with zero attached hydrogens (tertiary/aromatic N) is 1. The molecule has 0 heterocycles. The first kappa shape index (κ1) is 18.3. The molecule has 0 saturated heterocycles. The van der Waals surface area contributed by atoms with E-state index in [-0.39, 0.29) is 12.5 Å². The molecule has 0 fully saturated rings. The number of rotatable bonds is 6. The summed E-state index contributed by atoms with van der Waals surface area (Å²) in [6.45, 7) is 0.691. The number of halogens is 2. The molecule has 126 valence electrons. The second kappa shape index (κ2) is 8.15. The van der Waals surface area contributed by atoms with Crippen LogP contribution >= 0.6 is 23.2 Å². The zero-order chi connectivity index (χ0) is 17.7. The zero-order valence-corrected chi connectivity index (χ0v) is 14.6. The Kier molecular flexibility index (Phi) is 6.20. The van der Waals surface area contributed by atoms with E-state index in [0.29, 0.717) is 27.8 Å². The van der Waals surface area contributed by atoms with Crippen molar-refractivity contribution in [3.05, 3.63) is 63.6 Å². The quantitative estimate of drug-likeness (QED) is 0.825. The number of nitrogens with one attached hydrogen (secondary N) is 1. The first-order valence-electron chi connectivity index (χ1n) is 7.17. The van der Waals surface area contributed by atoms with Crippen LogP contribution in [-0.2, 0) is 11.3 Å². The molecule has 2 aromatic rings. The molecule has 0 saturated carbocycles. The van der Waals surface area contributed by atoms with Gasteiger partial charge >= 0.3 is 0 Å². The highest BCUT2D eigenvalue weighted by atomic mass is 35.5. The Morgan fingerprint density at radius 2 is 1.88 bits per heavy atom. The molecular formula is C17H17Cl2N3O2. The van der Waals surface area contributed by atoms with Crippen LogP contribution in [0, 0.1) is 0 Å². The molecule has 0 unspecified atom stereocenters. The van der Waals surface area contributed by atoms with Crippen LogP contribution in [-0.4, -0.2) is 30.3 Å². The largest absolute Gasteiger partial charge is 0.366 e. The monoisotopic (exact) mass is 365 g/mol. The molecule has 2 rings (SSSR count). The van der Waals surface area contributed by atoms with E-state index in [1.165, 1.54) is 0 Å². The van der Waals surface area contributed by atoms with Gasteiger partial charge in [-0.15, -0.1) is 0 Å². The number of benzene rings is 2. The molecule has 3 N–H and O–H groups in total. The molecule has 2 aromatic carbocycles. The van der Waals surface area contributed by atoms with E-state index < -0.39 is 5.91 Å². The summed E-state index contributed by atoms with van der Waals surface area (Å²) in [5, 5.41) is 3.57. The van der Waals surface area contributed by atoms with Crippen molar-refractivity contribution in [2.45, 2.75) is 6.54 Å². The maximum absolute atomic E-state index is 12.1. The van der Waals surface area contributed by atoms with Crippen LogP contribution < -0.4 is 11.1 Å². The summed E-state index contributed by atoms with van der Waals surface area (Å²) in [5.41, 5.74) is 7.19. The number of primary amides is 1. The lowest BCUT2D eigenvalue weighted by atomic mass is 10.1. The molecule has 0 spiro atoms. The van der Waals surface area contributed by atoms with E-state index in [9.17, 15) is 9.59 Å². The van der Waals surface area contributed by atoms with Crippen molar-refractivity contribution in [1.82, 2.24) is 4.90 Å². The van der Waals surface area contributed by atoms with Crippen molar-refractivity contribution in [1.29, 1.82) is 0 Å². The fourth-order valence-corrected chi connectivity index (χ4v) is 2.51. The Labute approximate surface area is 150 Å². The SMILES string of the molecule is CN(CC(=O)Nc1ccc(Cl)c(Cl)c1)Cc1cccc(C(N)=O)c1. The topological polar surface area (TPSA) is 75.4 Å². The average molecular weight is 366 g/mol. The van der Waals surface area contributed by atoms with Crippen molar-refractivity contribution < 1.29 is 9.59 Å². The predicted molar refractivity (Wildman–Crippen MR) is 96.4 cm³/mol.